The van der Waals surface area contributed by atoms with E-state index in [1.165, 1.54) is 22.5 Å². The first-order valence-electron chi connectivity index (χ1n) is 11.1. The molecule has 1 aliphatic heterocycles. The summed E-state index contributed by atoms with van der Waals surface area (Å²) >= 11 is 4.31. The fraction of sp³-hybridized carbons (Fsp3) is 0.478. The average Bonchev–Trinajstić information content (AvgIpc) is 3.61. The lowest BCUT2D eigenvalue weighted by Gasteiger charge is -2.42. The molecule has 0 radical (unpaired) electrons. The highest BCUT2D eigenvalue weighted by Crippen LogP contribution is 2.39. The summed E-state index contributed by atoms with van der Waals surface area (Å²) in [7, 11) is -3.75. The highest BCUT2D eigenvalue weighted by atomic mass is 32.2. The Balaban J connectivity index is 1.57. The van der Waals surface area contributed by atoms with Gasteiger partial charge in [-0.25, -0.2) is 8.42 Å². The maximum absolute atomic E-state index is 13.3. The summed E-state index contributed by atoms with van der Waals surface area (Å²) in [5, 5.41) is 13.4. The number of nitrogens with zero attached hydrogens (tertiary/aromatic N) is 2. The minimum absolute atomic E-state index is 0.152. The summed E-state index contributed by atoms with van der Waals surface area (Å²) < 4.78 is 67.7. The number of hydrogen-bond donors (Lipinski definition) is 3. The van der Waals surface area contributed by atoms with Crippen molar-refractivity contribution in [3.8, 4) is 0 Å². The quantitative estimate of drug-likeness (QED) is 0.494. The number of benzene rings is 2. The van der Waals surface area contributed by atoms with Crippen LogP contribution in [0.2, 0.25) is 0 Å². The molecule has 6 nitrogen and oxygen atoms in total. The molecule has 34 heavy (non-hydrogen) atoms. The molecular weight excluding hydrogens is 487 g/mol. The molecule has 2 atom stereocenters. The normalized spacial score (nSPS) is 21.9. The van der Waals surface area contributed by atoms with Crippen molar-refractivity contribution in [1.29, 1.82) is 0 Å². The van der Waals surface area contributed by atoms with E-state index in [1.54, 1.807) is 30.3 Å². The van der Waals surface area contributed by atoms with Crippen LogP contribution in [0.5, 0.6) is 0 Å². The third-order valence-corrected chi connectivity index (χ3v) is 8.93. The summed E-state index contributed by atoms with van der Waals surface area (Å²) in [6.07, 6.45) is -2.65. The number of piperazine rings is 1. The van der Waals surface area contributed by atoms with E-state index >= 15 is 0 Å². The monoisotopic (exact) mass is 515 g/mol. The smallest absolute Gasteiger partial charge is 0.376 e. The number of thiol groups is 1. The van der Waals surface area contributed by atoms with Crippen molar-refractivity contribution in [2.24, 2.45) is 0 Å². The highest BCUT2D eigenvalue weighted by Gasteiger charge is 2.51. The van der Waals surface area contributed by atoms with Gasteiger partial charge in [-0.1, -0.05) is 24.3 Å². The molecule has 0 bridgehead atoms. The van der Waals surface area contributed by atoms with Crippen molar-refractivity contribution >= 4 is 28.3 Å². The van der Waals surface area contributed by atoms with Crippen LogP contribution in [-0.2, 0) is 15.6 Å². The maximum Gasteiger partial charge on any atom is 0.421 e. The van der Waals surface area contributed by atoms with Crippen LogP contribution in [0, 0.1) is 0 Å². The molecule has 0 unspecified atom stereocenters. The molecule has 11 heteroatoms. The number of nitrogens with one attached hydrogen (secondary N) is 1. The van der Waals surface area contributed by atoms with Crippen molar-refractivity contribution < 1.29 is 26.7 Å². The molecule has 1 heterocycles. The lowest BCUT2D eigenvalue weighted by Crippen LogP contribution is -2.58. The van der Waals surface area contributed by atoms with E-state index in [2.05, 4.69) is 17.9 Å². The molecule has 0 aromatic heterocycles. The predicted octanol–water partition coefficient (Wildman–Crippen LogP) is 3.38. The van der Waals surface area contributed by atoms with Crippen LogP contribution in [-0.4, -0.2) is 62.3 Å². The Hall–Kier alpha value is -1.79. The molecule has 0 spiro atoms. The van der Waals surface area contributed by atoms with Crippen LogP contribution in [0.1, 0.15) is 25.3 Å². The Morgan fingerprint density at radius 3 is 2.32 bits per heavy atom. The van der Waals surface area contributed by atoms with Gasteiger partial charge < -0.3 is 15.3 Å². The first-order chi connectivity index (χ1) is 15.9. The minimum Gasteiger partial charge on any atom is -0.376 e. The Morgan fingerprint density at radius 2 is 1.74 bits per heavy atom. The van der Waals surface area contributed by atoms with Crippen LogP contribution in [0.25, 0.3) is 0 Å². The number of halogens is 3. The SMILES string of the molecule is C[C@@](O)(c1ccc(N2CCN(S(=O)(=O)c3ccccc3S)C[C@@H]2CNC2CC2)cc1)C(F)(F)F. The molecule has 1 aliphatic carbocycles. The largest absolute Gasteiger partial charge is 0.421 e. The van der Waals surface area contributed by atoms with Crippen LogP contribution in [0.4, 0.5) is 18.9 Å². The minimum atomic E-state index is -4.80. The number of alkyl halides is 3. The summed E-state index contributed by atoms with van der Waals surface area (Å²) in [5.41, 5.74) is -2.52. The second-order valence-corrected chi connectivity index (χ2v) is 11.4. The number of aliphatic hydroxyl groups is 1. The van der Waals surface area contributed by atoms with Gasteiger partial charge in [0.05, 0.1) is 10.9 Å². The van der Waals surface area contributed by atoms with Gasteiger partial charge in [-0.15, -0.1) is 12.6 Å². The van der Waals surface area contributed by atoms with Crippen LogP contribution in [0.15, 0.2) is 58.3 Å². The van der Waals surface area contributed by atoms with Gasteiger partial charge in [0.15, 0.2) is 5.60 Å². The van der Waals surface area contributed by atoms with Gasteiger partial charge in [0.2, 0.25) is 10.0 Å². The third-order valence-electron chi connectivity index (χ3n) is 6.46. The molecule has 1 saturated heterocycles. The fourth-order valence-corrected chi connectivity index (χ4v) is 6.16. The molecule has 2 aromatic rings. The molecule has 1 saturated carbocycles. The second-order valence-electron chi connectivity index (χ2n) is 8.98. The fourth-order valence-electron chi connectivity index (χ4n) is 4.11. The number of hydrogen-bond acceptors (Lipinski definition) is 6. The van der Waals surface area contributed by atoms with E-state index in [0.29, 0.717) is 29.7 Å². The number of anilines is 1. The molecule has 2 fully saturated rings. The molecule has 2 aromatic carbocycles. The molecule has 2 N–H and O–H groups in total. The van der Waals surface area contributed by atoms with Gasteiger partial charge in [0.25, 0.3) is 0 Å². The Labute approximate surface area is 203 Å². The topological polar surface area (TPSA) is 72.9 Å². The lowest BCUT2D eigenvalue weighted by atomic mass is 9.95. The first-order valence-corrected chi connectivity index (χ1v) is 13.0. The second kappa shape index (κ2) is 9.34. The molecule has 186 valence electrons. The van der Waals surface area contributed by atoms with E-state index in [-0.39, 0.29) is 29.6 Å². The Morgan fingerprint density at radius 1 is 1.09 bits per heavy atom. The number of rotatable bonds is 7. The summed E-state index contributed by atoms with van der Waals surface area (Å²) in [6, 6.07) is 12.4. The van der Waals surface area contributed by atoms with Gasteiger partial charge >= 0.3 is 6.18 Å². The molecule has 0 amide bonds. The highest BCUT2D eigenvalue weighted by molar-refractivity contribution is 7.90. The first kappa shape index (κ1) is 25.3. The zero-order valence-corrected chi connectivity index (χ0v) is 20.4. The predicted molar refractivity (Wildman–Crippen MR) is 127 cm³/mol. The third kappa shape index (κ3) is 5.08. The van der Waals surface area contributed by atoms with E-state index in [1.807, 2.05) is 4.90 Å². The van der Waals surface area contributed by atoms with Crippen molar-refractivity contribution in [3.63, 3.8) is 0 Å². The Bertz CT molecular complexity index is 1120. The van der Waals surface area contributed by atoms with Gasteiger partial charge in [-0.2, -0.15) is 17.5 Å². The van der Waals surface area contributed by atoms with Crippen LogP contribution in [0.3, 0.4) is 0 Å². The summed E-state index contributed by atoms with van der Waals surface area (Å²) in [5.74, 6) is 0. The van der Waals surface area contributed by atoms with E-state index in [0.717, 1.165) is 19.8 Å². The lowest BCUT2D eigenvalue weighted by molar-refractivity contribution is -0.258. The van der Waals surface area contributed by atoms with Crippen LogP contribution >= 0.6 is 12.6 Å². The van der Waals surface area contributed by atoms with Crippen molar-refractivity contribution in [2.75, 3.05) is 31.1 Å². The van der Waals surface area contributed by atoms with Gasteiger partial charge in [-0.05, 0) is 49.6 Å². The Kier molecular flexibility index (Phi) is 6.96. The van der Waals surface area contributed by atoms with Crippen molar-refractivity contribution in [3.05, 3.63) is 54.1 Å². The molecular formula is C23H28F3N3O3S2. The van der Waals surface area contributed by atoms with Gasteiger partial charge in [0.1, 0.15) is 0 Å². The van der Waals surface area contributed by atoms with Gasteiger partial charge in [-0.3, -0.25) is 0 Å². The van der Waals surface area contributed by atoms with Crippen molar-refractivity contribution in [1.82, 2.24) is 9.62 Å². The standard InChI is InChI=1S/C23H28F3N3O3S2/c1-22(30,23(24,25)26)16-6-10-18(11-7-16)29-13-12-28(15-19(29)14-27-17-8-9-17)34(31,32)21-5-3-2-4-20(21)33/h2-7,10-11,17,19,27,30,33H,8-9,12-15H2,1H3/t19-,22+/m0/s1. The van der Waals surface area contributed by atoms with E-state index < -0.39 is 21.8 Å². The van der Waals surface area contributed by atoms with Gasteiger partial charge in [0, 0.05) is 42.8 Å². The zero-order chi connectivity index (χ0) is 24.7. The molecule has 2 aliphatic rings. The number of sulfonamides is 1. The maximum atomic E-state index is 13.3. The van der Waals surface area contributed by atoms with Crippen LogP contribution < -0.4 is 10.2 Å². The molecule has 4 rings (SSSR count). The summed E-state index contributed by atoms with van der Waals surface area (Å²) in [4.78, 5) is 2.55. The van der Waals surface area contributed by atoms with E-state index in [9.17, 15) is 26.7 Å². The van der Waals surface area contributed by atoms with E-state index in [4.69, 9.17) is 0 Å². The average molecular weight is 516 g/mol. The van der Waals surface area contributed by atoms with Crippen molar-refractivity contribution in [2.45, 2.75) is 53.4 Å². The summed E-state index contributed by atoms with van der Waals surface area (Å²) in [6.45, 7) is 2.10. The zero-order valence-electron chi connectivity index (χ0n) is 18.7.